The van der Waals surface area contributed by atoms with E-state index in [1.165, 1.54) is 12.3 Å². The Balaban J connectivity index is 1.92. The molecule has 0 aliphatic carbocycles. The number of hydrogen-bond acceptors (Lipinski definition) is 5. The molecule has 0 amide bonds. The molecule has 1 aliphatic rings. The average Bonchev–Trinajstić information content (AvgIpc) is 2.46. The molecule has 0 saturated carbocycles. The van der Waals surface area contributed by atoms with Crippen molar-refractivity contribution < 1.29 is 14.6 Å². The molecule has 0 aromatic carbocycles. The second-order valence-electron chi connectivity index (χ2n) is 4.63. The van der Waals surface area contributed by atoms with Gasteiger partial charge in [0.25, 0.3) is 0 Å². The number of pyridine rings is 1. The third-order valence-corrected chi connectivity index (χ3v) is 3.54. The Morgan fingerprint density at radius 1 is 1.70 bits per heavy atom. The average molecular weight is 300 g/mol. The number of aromatic carboxylic acids is 1. The van der Waals surface area contributed by atoms with Gasteiger partial charge in [0.05, 0.1) is 23.3 Å². The fourth-order valence-electron chi connectivity index (χ4n) is 2.09. The normalized spacial score (nSPS) is 19.8. The summed E-state index contributed by atoms with van der Waals surface area (Å²) >= 11 is 6.01. The predicted octanol–water partition coefficient (Wildman–Crippen LogP) is 1.57. The topological polar surface area (TPSA) is 74.7 Å². The van der Waals surface area contributed by atoms with Crippen molar-refractivity contribution in [2.45, 2.75) is 13.0 Å². The minimum absolute atomic E-state index is 0.0756. The first kappa shape index (κ1) is 15.0. The van der Waals surface area contributed by atoms with E-state index in [0.717, 1.165) is 26.2 Å². The van der Waals surface area contributed by atoms with Crippen LogP contribution in [0.25, 0.3) is 0 Å². The lowest BCUT2D eigenvalue weighted by atomic mass is 10.2. The van der Waals surface area contributed by atoms with Gasteiger partial charge in [0.15, 0.2) is 0 Å². The monoisotopic (exact) mass is 299 g/mol. The smallest absolute Gasteiger partial charge is 0.337 e. The SMILES string of the molecule is CCN1CCOC(CNc2ncc(C(=O)O)cc2Cl)C1. The largest absolute Gasteiger partial charge is 0.478 e. The molecule has 1 aromatic heterocycles. The zero-order valence-electron chi connectivity index (χ0n) is 11.3. The van der Waals surface area contributed by atoms with Crippen LogP contribution in [0.15, 0.2) is 12.3 Å². The minimum Gasteiger partial charge on any atom is -0.478 e. The van der Waals surface area contributed by atoms with Gasteiger partial charge in [-0.05, 0) is 12.6 Å². The van der Waals surface area contributed by atoms with Crippen LogP contribution in [0.2, 0.25) is 5.02 Å². The van der Waals surface area contributed by atoms with Crippen LogP contribution >= 0.6 is 11.6 Å². The van der Waals surface area contributed by atoms with Crippen LogP contribution in [0.1, 0.15) is 17.3 Å². The number of anilines is 1. The van der Waals surface area contributed by atoms with Gasteiger partial charge in [-0.25, -0.2) is 9.78 Å². The maximum Gasteiger partial charge on any atom is 0.337 e. The quantitative estimate of drug-likeness (QED) is 0.859. The van der Waals surface area contributed by atoms with Gasteiger partial charge in [0.1, 0.15) is 5.82 Å². The molecular formula is C13H18ClN3O3. The van der Waals surface area contributed by atoms with E-state index in [1.54, 1.807) is 0 Å². The molecule has 1 fully saturated rings. The maximum absolute atomic E-state index is 10.8. The Labute approximate surface area is 122 Å². The van der Waals surface area contributed by atoms with Gasteiger partial charge in [-0.15, -0.1) is 0 Å². The standard InChI is InChI=1S/C13H18ClN3O3/c1-2-17-3-4-20-10(8-17)7-16-12-11(14)5-9(6-15-12)13(18)19/h5-6,10H,2-4,7-8H2,1H3,(H,15,16)(H,18,19). The number of nitrogens with zero attached hydrogens (tertiary/aromatic N) is 2. The molecule has 2 rings (SSSR count). The Hall–Kier alpha value is -1.37. The molecule has 1 saturated heterocycles. The Morgan fingerprint density at radius 3 is 3.15 bits per heavy atom. The van der Waals surface area contributed by atoms with E-state index in [1.807, 2.05) is 0 Å². The van der Waals surface area contributed by atoms with Crippen molar-refractivity contribution in [2.24, 2.45) is 0 Å². The Morgan fingerprint density at radius 2 is 2.50 bits per heavy atom. The Bertz CT molecular complexity index is 484. The number of morpholine rings is 1. The van der Waals surface area contributed by atoms with E-state index in [9.17, 15) is 4.79 Å². The summed E-state index contributed by atoms with van der Waals surface area (Å²) in [5.74, 6) is -0.561. The number of carboxylic acid groups (broad SMARTS) is 1. The number of ether oxygens (including phenoxy) is 1. The molecule has 2 N–H and O–H groups in total. The van der Waals surface area contributed by atoms with E-state index >= 15 is 0 Å². The fraction of sp³-hybridized carbons (Fsp3) is 0.538. The summed E-state index contributed by atoms with van der Waals surface area (Å²) in [6.07, 6.45) is 1.37. The predicted molar refractivity (Wildman–Crippen MR) is 76.6 cm³/mol. The van der Waals surface area contributed by atoms with Crippen LogP contribution in [0, 0.1) is 0 Å². The van der Waals surface area contributed by atoms with Crippen molar-refractivity contribution in [2.75, 3.05) is 38.1 Å². The van der Waals surface area contributed by atoms with Crippen LogP contribution in [0.4, 0.5) is 5.82 Å². The fourth-order valence-corrected chi connectivity index (χ4v) is 2.32. The second-order valence-corrected chi connectivity index (χ2v) is 5.03. The highest BCUT2D eigenvalue weighted by molar-refractivity contribution is 6.33. The van der Waals surface area contributed by atoms with Gasteiger partial charge in [0.2, 0.25) is 0 Å². The zero-order chi connectivity index (χ0) is 14.5. The van der Waals surface area contributed by atoms with Crippen molar-refractivity contribution in [3.63, 3.8) is 0 Å². The van der Waals surface area contributed by atoms with Gasteiger partial charge in [0, 0.05) is 25.8 Å². The van der Waals surface area contributed by atoms with Gasteiger partial charge in [-0.2, -0.15) is 0 Å². The zero-order valence-corrected chi connectivity index (χ0v) is 12.1. The number of halogens is 1. The van der Waals surface area contributed by atoms with Gasteiger partial charge < -0.3 is 15.2 Å². The number of hydrogen-bond donors (Lipinski definition) is 2. The van der Waals surface area contributed by atoms with Gasteiger partial charge >= 0.3 is 5.97 Å². The van der Waals surface area contributed by atoms with E-state index in [-0.39, 0.29) is 11.7 Å². The highest BCUT2D eigenvalue weighted by Crippen LogP contribution is 2.20. The molecule has 0 radical (unpaired) electrons. The molecule has 1 atom stereocenters. The van der Waals surface area contributed by atoms with Crippen LogP contribution in [0.5, 0.6) is 0 Å². The Kier molecular flexibility index (Phi) is 5.17. The molecule has 20 heavy (non-hydrogen) atoms. The van der Waals surface area contributed by atoms with Gasteiger partial charge in [-0.3, -0.25) is 4.90 Å². The molecular weight excluding hydrogens is 282 g/mol. The molecule has 1 unspecified atom stereocenters. The number of likely N-dealkylation sites (N-methyl/N-ethyl adjacent to an activating group) is 1. The summed E-state index contributed by atoms with van der Waals surface area (Å²) in [6.45, 7) is 6.27. The molecule has 7 heteroatoms. The third kappa shape index (κ3) is 3.82. The third-order valence-electron chi connectivity index (χ3n) is 3.26. The summed E-state index contributed by atoms with van der Waals surface area (Å²) in [6, 6.07) is 1.39. The first-order chi connectivity index (χ1) is 9.60. The number of aromatic nitrogens is 1. The number of carboxylic acids is 1. The maximum atomic E-state index is 10.8. The van der Waals surface area contributed by atoms with Crippen LogP contribution < -0.4 is 5.32 Å². The molecule has 6 nitrogen and oxygen atoms in total. The summed E-state index contributed by atoms with van der Waals surface area (Å²) in [7, 11) is 0. The first-order valence-corrected chi connectivity index (χ1v) is 6.94. The van der Waals surface area contributed by atoms with Crippen LogP contribution in [-0.4, -0.2) is 59.8 Å². The molecule has 1 aromatic rings. The molecule has 0 bridgehead atoms. The minimum atomic E-state index is -1.04. The number of rotatable bonds is 5. The summed E-state index contributed by atoms with van der Waals surface area (Å²) in [5, 5.41) is 12.3. The van der Waals surface area contributed by atoms with Crippen molar-refractivity contribution in [1.82, 2.24) is 9.88 Å². The van der Waals surface area contributed by atoms with Crippen LogP contribution in [-0.2, 0) is 4.74 Å². The van der Waals surface area contributed by atoms with Crippen molar-refractivity contribution in [3.05, 3.63) is 22.8 Å². The highest BCUT2D eigenvalue weighted by atomic mass is 35.5. The summed E-state index contributed by atoms with van der Waals surface area (Å²) in [5.41, 5.74) is 0.0756. The van der Waals surface area contributed by atoms with Crippen molar-refractivity contribution in [3.8, 4) is 0 Å². The molecule has 1 aliphatic heterocycles. The van der Waals surface area contributed by atoms with Crippen LogP contribution in [0.3, 0.4) is 0 Å². The molecule has 2 heterocycles. The van der Waals surface area contributed by atoms with E-state index in [2.05, 4.69) is 22.1 Å². The lowest BCUT2D eigenvalue weighted by Gasteiger charge is -2.32. The lowest BCUT2D eigenvalue weighted by Crippen LogP contribution is -2.45. The summed E-state index contributed by atoms with van der Waals surface area (Å²) < 4.78 is 5.66. The summed E-state index contributed by atoms with van der Waals surface area (Å²) in [4.78, 5) is 17.1. The second kappa shape index (κ2) is 6.88. The lowest BCUT2D eigenvalue weighted by molar-refractivity contribution is -0.0192. The van der Waals surface area contributed by atoms with E-state index < -0.39 is 5.97 Å². The van der Waals surface area contributed by atoms with E-state index in [4.69, 9.17) is 21.4 Å². The first-order valence-electron chi connectivity index (χ1n) is 6.56. The molecule has 110 valence electrons. The number of nitrogens with one attached hydrogen (secondary N) is 1. The van der Waals surface area contributed by atoms with Crippen molar-refractivity contribution >= 4 is 23.4 Å². The van der Waals surface area contributed by atoms with Gasteiger partial charge in [-0.1, -0.05) is 18.5 Å². The highest BCUT2D eigenvalue weighted by Gasteiger charge is 2.19. The molecule has 0 spiro atoms. The number of carbonyl (C=O) groups is 1. The van der Waals surface area contributed by atoms with Crippen molar-refractivity contribution in [1.29, 1.82) is 0 Å². The van der Waals surface area contributed by atoms with E-state index in [0.29, 0.717) is 17.4 Å².